The lowest BCUT2D eigenvalue weighted by Gasteiger charge is -2.57. The third-order valence-electron chi connectivity index (χ3n) is 3.34. The Labute approximate surface area is 104 Å². The lowest BCUT2D eigenvalue weighted by molar-refractivity contribution is -0.191. The standard InChI is InChI=1S/C10H16N2O4S/c1-9(8(14)15-2)4-12-6(13)10(11,16-3)7(12)17-5-9/h7H,4-5,11H2,1-3H3/t7-,9?,10?/m1/s1. The maximum absolute atomic E-state index is 11.9. The van der Waals surface area contributed by atoms with Crippen molar-refractivity contribution in [2.45, 2.75) is 18.0 Å². The molecule has 0 bridgehead atoms. The zero-order chi connectivity index (χ0) is 12.8. The Morgan fingerprint density at radius 1 is 1.59 bits per heavy atom. The predicted octanol–water partition coefficient (Wildman–Crippen LogP) is -0.618. The first-order valence-corrected chi connectivity index (χ1v) is 6.29. The van der Waals surface area contributed by atoms with E-state index in [-0.39, 0.29) is 17.3 Å². The summed E-state index contributed by atoms with van der Waals surface area (Å²) in [7, 11) is 2.77. The van der Waals surface area contributed by atoms with Crippen LogP contribution in [0.4, 0.5) is 0 Å². The Morgan fingerprint density at radius 3 is 2.76 bits per heavy atom. The van der Waals surface area contributed by atoms with Gasteiger partial charge in [-0.1, -0.05) is 0 Å². The molecule has 2 aliphatic rings. The highest BCUT2D eigenvalue weighted by molar-refractivity contribution is 8.00. The molecule has 2 heterocycles. The Bertz CT molecular complexity index is 377. The lowest BCUT2D eigenvalue weighted by atomic mass is 9.88. The van der Waals surface area contributed by atoms with Crippen LogP contribution in [0.25, 0.3) is 0 Å². The van der Waals surface area contributed by atoms with Crippen LogP contribution >= 0.6 is 11.8 Å². The number of rotatable bonds is 2. The maximum atomic E-state index is 11.9. The van der Waals surface area contributed by atoms with E-state index in [4.69, 9.17) is 15.2 Å². The van der Waals surface area contributed by atoms with E-state index in [9.17, 15) is 9.59 Å². The van der Waals surface area contributed by atoms with E-state index >= 15 is 0 Å². The summed E-state index contributed by atoms with van der Waals surface area (Å²) in [5, 5.41) is -0.210. The lowest BCUT2D eigenvalue weighted by Crippen LogP contribution is -2.80. The van der Waals surface area contributed by atoms with Crippen molar-refractivity contribution in [2.75, 3.05) is 26.5 Å². The van der Waals surface area contributed by atoms with Crippen LogP contribution in [-0.4, -0.2) is 54.4 Å². The maximum Gasteiger partial charge on any atom is 0.314 e. The van der Waals surface area contributed by atoms with Crippen molar-refractivity contribution in [2.24, 2.45) is 11.1 Å². The van der Waals surface area contributed by atoms with Gasteiger partial charge >= 0.3 is 5.97 Å². The number of carbonyl (C=O) groups excluding carboxylic acids is 2. The number of methoxy groups -OCH3 is 2. The molecule has 0 saturated carbocycles. The average molecular weight is 260 g/mol. The van der Waals surface area contributed by atoms with Gasteiger partial charge in [0.15, 0.2) is 0 Å². The molecule has 2 aliphatic heterocycles. The molecule has 96 valence electrons. The quantitative estimate of drug-likeness (QED) is 0.405. The first kappa shape index (κ1) is 12.7. The Morgan fingerprint density at radius 2 is 2.24 bits per heavy atom. The molecule has 2 saturated heterocycles. The fourth-order valence-electron chi connectivity index (χ4n) is 2.21. The van der Waals surface area contributed by atoms with Crippen LogP contribution in [0.1, 0.15) is 6.92 Å². The third kappa shape index (κ3) is 1.56. The summed E-state index contributed by atoms with van der Waals surface area (Å²) in [4.78, 5) is 25.1. The zero-order valence-electron chi connectivity index (χ0n) is 10.1. The molecule has 2 N–H and O–H groups in total. The van der Waals surface area contributed by atoms with Crippen LogP contribution in [0.3, 0.4) is 0 Å². The summed E-state index contributed by atoms with van der Waals surface area (Å²) < 4.78 is 9.82. The first-order chi connectivity index (χ1) is 7.89. The van der Waals surface area contributed by atoms with E-state index in [0.717, 1.165) is 0 Å². The highest BCUT2D eigenvalue weighted by atomic mass is 32.2. The predicted molar refractivity (Wildman–Crippen MR) is 62.0 cm³/mol. The van der Waals surface area contributed by atoms with E-state index in [1.807, 2.05) is 0 Å². The van der Waals surface area contributed by atoms with Crippen LogP contribution in [0.5, 0.6) is 0 Å². The number of ether oxygens (including phenoxy) is 2. The molecule has 0 spiro atoms. The van der Waals surface area contributed by atoms with Crippen LogP contribution in [0.15, 0.2) is 0 Å². The van der Waals surface area contributed by atoms with Gasteiger partial charge in [-0.2, -0.15) is 0 Å². The summed E-state index contributed by atoms with van der Waals surface area (Å²) in [5.41, 5.74) is 3.95. The number of β-lactam (4-membered cyclic amide) rings is 1. The molecule has 1 amide bonds. The second-order valence-corrected chi connectivity index (χ2v) is 5.71. The number of amides is 1. The van der Waals surface area contributed by atoms with Crippen LogP contribution < -0.4 is 5.73 Å². The Balaban J connectivity index is 2.14. The van der Waals surface area contributed by atoms with Gasteiger partial charge in [-0.25, -0.2) is 0 Å². The smallest absolute Gasteiger partial charge is 0.314 e. The van der Waals surface area contributed by atoms with Crippen LogP contribution in [-0.2, 0) is 19.1 Å². The first-order valence-electron chi connectivity index (χ1n) is 5.24. The van der Waals surface area contributed by atoms with Crippen molar-refractivity contribution in [3.63, 3.8) is 0 Å². The molecule has 0 aromatic rings. The fraction of sp³-hybridized carbons (Fsp3) is 0.800. The normalized spacial score (nSPS) is 40.6. The topological polar surface area (TPSA) is 81.9 Å². The Hall–Kier alpha value is -0.790. The van der Waals surface area contributed by atoms with Gasteiger partial charge in [-0.05, 0) is 6.92 Å². The average Bonchev–Trinajstić information content (AvgIpc) is 2.36. The van der Waals surface area contributed by atoms with E-state index in [2.05, 4.69) is 0 Å². The van der Waals surface area contributed by atoms with Crippen LogP contribution in [0.2, 0.25) is 0 Å². The fourth-order valence-corrected chi connectivity index (χ4v) is 3.74. The number of hydrogen-bond donors (Lipinski definition) is 1. The monoisotopic (exact) mass is 260 g/mol. The number of thioether (sulfide) groups is 1. The third-order valence-corrected chi connectivity index (χ3v) is 5.06. The second-order valence-electron chi connectivity index (χ2n) is 4.65. The number of esters is 1. The minimum Gasteiger partial charge on any atom is -0.469 e. The van der Waals surface area contributed by atoms with Crippen molar-refractivity contribution in [1.82, 2.24) is 4.90 Å². The summed E-state index contributed by atoms with van der Waals surface area (Å²) in [6.45, 7) is 2.12. The number of hydrogen-bond acceptors (Lipinski definition) is 6. The molecule has 2 fully saturated rings. The SMILES string of the molecule is COC(=O)C1(C)CS[C@H]2N(C1)C(=O)C2(N)OC. The van der Waals surface area contributed by atoms with E-state index < -0.39 is 11.1 Å². The van der Waals surface area contributed by atoms with Crippen molar-refractivity contribution in [3.05, 3.63) is 0 Å². The molecule has 2 unspecified atom stereocenters. The van der Waals surface area contributed by atoms with E-state index in [1.165, 1.54) is 26.0 Å². The molecule has 0 radical (unpaired) electrons. The van der Waals surface area contributed by atoms with Gasteiger partial charge in [0.2, 0.25) is 5.72 Å². The largest absolute Gasteiger partial charge is 0.469 e. The number of nitrogens with two attached hydrogens (primary N) is 1. The molecule has 17 heavy (non-hydrogen) atoms. The highest BCUT2D eigenvalue weighted by Crippen LogP contribution is 2.46. The second kappa shape index (κ2) is 3.86. The van der Waals surface area contributed by atoms with E-state index in [1.54, 1.807) is 11.8 Å². The molecule has 0 aromatic heterocycles. The Kier molecular flexibility index (Phi) is 2.87. The molecule has 0 aromatic carbocycles. The van der Waals surface area contributed by atoms with Gasteiger partial charge in [0.1, 0.15) is 5.37 Å². The molecule has 2 rings (SSSR count). The van der Waals surface area contributed by atoms with Crippen molar-refractivity contribution >= 4 is 23.6 Å². The summed E-state index contributed by atoms with van der Waals surface area (Å²) in [6, 6.07) is 0. The van der Waals surface area contributed by atoms with Crippen molar-refractivity contribution in [3.8, 4) is 0 Å². The highest BCUT2D eigenvalue weighted by Gasteiger charge is 2.64. The number of nitrogens with zero attached hydrogens (tertiary/aromatic N) is 1. The van der Waals surface area contributed by atoms with Crippen molar-refractivity contribution < 1.29 is 19.1 Å². The van der Waals surface area contributed by atoms with Crippen LogP contribution in [0, 0.1) is 5.41 Å². The zero-order valence-corrected chi connectivity index (χ0v) is 10.9. The minimum absolute atomic E-state index is 0.210. The van der Waals surface area contributed by atoms with Gasteiger partial charge in [-0.15, -0.1) is 11.8 Å². The molecule has 6 nitrogen and oxygen atoms in total. The molecular formula is C10H16N2O4S. The summed E-state index contributed by atoms with van der Waals surface area (Å²) >= 11 is 1.45. The molecule has 3 atom stereocenters. The van der Waals surface area contributed by atoms with Gasteiger partial charge in [-0.3, -0.25) is 15.3 Å². The van der Waals surface area contributed by atoms with Gasteiger partial charge in [0.05, 0.1) is 12.5 Å². The van der Waals surface area contributed by atoms with Gasteiger partial charge in [0, 0.05) is 19.4 Å². The van der Waals surface area contributed by atoms with Crippen molar-refractivity contribution in [1.29, 1.82) is 0 Å². The molecule has 7 heteroatoms. The molecular weight excluding hydrogens is 244 g/mol. The summed E-state index contributed by atoms with van der Waals surface area (Å²) in [6.07, 6.45) is 0. The van der Waals surface area contributed by atoms with Gasteiger partial charge in [0.25, 0.3) is 5.91 Å². The van der Waals surface area contributed by atoms with E-state index in [0.29, 0.717) is 12.3 Å². The number of carbonyl (C=O) groups is 2. The summed E-state index contributed by atoms with van der Waals surface area (Å²) in [5.74, 6) is -0.00769. The van der Waals surface area contributed by atoms with Gasteiger partial charge < -0.3 is 14.4 Å². The molecule has 0 aliphatic carbocycles. The number of fused-ring (bicyclic) bond motifs is 1. The minimum atomic E-state index is -1.23.